The molecule has 0 aromatic carbocycles. The molecule has 0 spiro atoms. The third kappa shape index (κ3) is 2.12. The Balaban J connectivity index is 2.21. The second kappa shape index (κ2) is 4.17. The Labute approximate surface area is 96.6 Å². The summed E-state index contributed by atoms with van der Waals surface area (Å²) in [5.41, 5.74) is 6.03. The van der Waals surface area contributed by atoms with Crippen molar-refractivity contribution >= 4 is 0 Å². The average molecular weight is 223 g/mol. The van der Waals surface area contributed by atoms with Crippen molar-refractivity contribution in [3.05, 3.63) is 11.7 Å². The number of rotatable bonds is 2. The molecule has 2 atom stereocenters. The van der Waals surface area contributed by atoms with Crippen LogP contribution in [0.5, 0.6) is 0 Å². The Morgan fingerprint density at radius 3 is 2.81 bits per heavy atom. The van der Waals surface area contributed by atoms with Gasteiger partial charge in [0, 0.05) is 5.92 Å². The van der Waals surface area contributed by atoms with Gasteiger partial charge in [0.05, 0.1) is 5.54 Å². The van der Waals surface area contributed by atoms with E-state index >= 15 is 0 Å². The molecule has 0 amide bonds. The number of aromatic nitrogens is 2. The second-order valence-electron chi connectivity index (χ2n) is 5.47. The predicted molar refractivity (Wildman–Crippen MR) is 61.9 cm³/mol. The molecule has 1 fully saturated rings. The molecule has 4 nitrogen and oxygen atoms in total. The van der Waals surface area contributed by atoms with Crippen LogP contribution in [0.15, 0.2) is 4.52 Å². The van der Waals surface area contributed by atoms with Crippen LogP contribution in [0.2, 0.25) is 0 Å². The average Bonchev–Trinajstić information content (AvgIpc) is 2.66. The van der Waals surface area contributed by atoms with E-state index in [1.54, 1.807) is 0 Å². The van der Waals surface area contributed by atoms with Gasteiger partial charge in [-0.3, -0.25) is 0 Å². The topological polar surface area (TPSA) is 64.9 Å². The van der Waals surface area contributed by atoms with Gasteiger partial charge in [-0.2, -0.15) is 4.98 Å². The van der Waals surface area contributed by atoms with Crippen LogP contribution >= 0.6 is 0 Å². The summed E-state index contributed by atoms with van der Waals surface area (Å²) in [5.74, 6) is 2.31. The van der Waals surface area contributed by atoms with Crippen molar-refractivity contribution < 1.29 is 4.52 Å². The molecule has 1 aromatic rings. The highest BCUT2D eigenvalue weighted by Crippen LogP contribution is 2.36. The molecule has 1 aliphatic carbocycles. The third-order valence-electron chi connectivity index (χ3n) is 3.41. The summed E-state index contributed by atoms with van der Waals surface area (Å²) in [7, 11) is 0. The molecular weight excluding hydrogens is 202 g/mol. The first-order chi connectivity index (χ1) is 7.51. The maximum atomic E-state index is 6.40. The Morgan fingerprint density at radius 2 is 2.25 bits per heavy atom. The standard InChI is InChI=1S/C12H21N3O/c1-8(2)10-14-11(15-16-10)12(13)6-4-5-9(3)7-12/h8-9H,4-7,13H2,1-3H3. The highest BCUT2D eigenvalue weighted by Gasteiger charge is 2.37. The number of hydrogen-bond donors (Lipinski definition) is 1. The van der Waals surface area contributed by atoms with Crippen LogP contribution in [-0.2, 0) is 5.54 Å². The highest BCUT2D eigenvalue weighted by molar-refractivity contribution is 5.07. The van der Waals surface area contributed by atoms with Crippen LogP contribution in [-0.4, -0.2) is 10.1 Å². The molecule has 1 aromatic heterocycles. The second-order valence-corrected chi connectivity index (χ2v) is 5.47. The first-order valence-electron chi connectivity index (χ1n) is 6.14. The van der Waals surface area contributed by atoms with E-state index in [0.717, 1.165) is 19.3 Å². The fourth-order valence-corrected chi connectivity index (χ4v) is 2.47. The summed E-state index contributed by atoms with van der Waals surface area (Å²) in [6.45, 7) is 6.33. The molecule has 0 saturated heterocycles. The lowest BCUT2D eigenvalue weighted by molar-refractivity contribution is 0.221. The van der Waals surface area contributed by atoms with Crippen LogP contribution in [0.4, 0.5) is 0 Å². The van der Waals surface area contributed by atoms with Crippen molar-refractivity contribution in [3.8, 4) is 0 Å². The number of hydrogen-bond acceptors (Lipinski definition) is 4. The lowest BCUT2D eigenvalue weighted by Gasteiger charge is -2.33. The van der Waals surface area contributed by atoms with E-state index in [0.29, 0.717) is 17.6 Å². The minimum absolute atomic E-state index is 0.269. The van der Waals surface area contributed by atoms with E-state index in [2.05, 4.69) is 17.1 Å². The van der Waals surface area contributed by atoms with E-state index < -0.39 is 0 Å². The van der Waals surface area contributed by atoms with Crippen molar-refractivity contribution in [2.75, 3.05) is 0 Å². The van der Waals surface area contributed by atoms with Crippen LogP contribution in [0.25, 0.3) is 0 Å². The SMILES string of the molecule is CC1CCCC(N)(c2noc(C(C)C)n2)C1. The first kappa shape index (κ1) is 11.6. The molecule has 4 heteroatoms. The summed E-state index contributed by atoms with van der Waals surface area (Å²) in [4.78, 5) is 4.44. The van der Waals surface area contributed by atoms with E-state index in [9.17, 15) is 0 Å². The molecule has 2 rings (SSSR count). The van der Waals surface area contributed by atoms with Crippen molar-refractivity contribution in [1.29, 1.82) is 0 Å². The van der Waals surface area contributed by atoms with E-state index in [1.807, 2.05) is 13.8 Å². The molecule has 2 unspecified atom stereocenters. The number of nitrogens with zero attached hydrogens (tertiary/aromatic N) is 2. The molecule has 0 bridgehead atoms. The van der Waals surface area contributed by atoms with Gasteiger partial charge in [-0.05, 0) is 18.8 Å². The fourth-order valence-electron chi connectivity index (χ4n) is 2.47. The monoisotopic (exact) mass is 223 g/mol. The van der Waals surface area contributed by atoms with Crippen molar-refractivity contribution in [1.82, 2.24) is 10.1 Å². The highest BCUT2D eigenvalue weighted by atomic mass is 16.5. The summed E-state index contributed by atoms with van der Waals surface area (Å²) in [6.07, 6.45) is 4.34. The van der Waals surface area contributed by atoms with Gasteiger partial charge in [0.25, 0.3) is 0 Å². The minimum Gasteiger partial charge on any atom is -0.339 e. The lowest BCUT2D eigenvalue weighted by Crippen LogP contribution is -2.42. The Bertz CT molecular complexity index is 361. The smallest absolute Gasteiger partial charge is 0.229 e. The van der Waals surface area contributed by atoms with Gasteiger partial charge in [0.1, 0.15) is 0 Å². The van der Waals surface area contributed by atoms with E-state index in [1.165, 1.54) is 6.42 Å². The van der Waals surface area contributed by atoms with Crippen molar-refractivity contribution in [3.63, 3.8) is 0 Å². The largest absolute Gasteiger partial charge is 0.339 e. The summed E-state index contributed by atoms with van der Waals surface area (Å²) < 4.78 is 5.24. The van der Waals surface area contributed by atoms with Gasteiger partial charge >= 0.3 is 0 Å². The van der Waals surface area contributed by atoms with Gasteiger partial charge < -0.3 is 10.3 Å². The Hall–Kier alpha value is -0.900. The molecule has 2 N–H and O–H groups in total. The molecule has 1 aliphatic rings. The summed E-state index contributed by atoms with van der Waals surface area (Å²) >= 11 is 0. The molecule has 1 saturated carbocycles. The van der Waals surface area contributed by atoms with Gasteiger partial charge in [-0.1, -0.05) is 38.8 Å². The quantitative estimate of drug-likeness (QED) is 0.836. The van der Waals surface area contributed by atoms with Crippen LogP contribution < -0.4 is 5.73 Å². The fraction of sp³-hybridized carbons (Fsp3) is 0.833. The summed E-state index contributed by atoms with van der Waals surface area (Å²) in [6, 6.07) is 0. The molecule has 1 heterocycles. The Morgan fingerprint density at radius 1 is 1.50 bits per heavy atom. The molecule has 90 valence electrons. The summed E-state index contributed by atoms with van der Waals surface area (Å²) in [5, 5.41) is 4.06. The van der Waals surface area contributed by atoms with Crippen LogP contribution in [0.1, 0.15) is 64.1 Å². The van der Waals surface area contributed by atoms with Crippen molar-refractivity contribution in [2.45, 2.75) is 57.9 Å². The van der Waals surface area contributed by atoms with E-state index in [-0.39, 0.29) is 11.5 Å². The zero-order valence-corrected chi connectivity index (χ0v) is 10.4. The van der Waals surface area contributed by atoms with Crippen LogP contribution in [0, 0.1) is 5.92 Å². The molecule has 0 radical (unpaired) electrons. The number of nitrogens with two attached hydrogens (primary N) is 1. The zero-order chi connectivity index (χ0) is 11.8. The first-order valence-corrected chi connectivity index (χ1v) is 6.14. The lowest BCUT2D eigenvalue weighted by atomic mass is 9.76. The molecular formula is C12H21N3O. The maximum absolute atomic E-state index is 6.40. The van der Waals surface area contributed by atoms with Gasteiger partial charge in [0.15, 0.2) is 5.82 Å². The predicted octanol–water partition coefficient (Wildman–Crippen LogP) is 2.56. The van der Waals surface area contributed by atoms with E-state index in [4.69, 9.17) is 10.3 Å². The van der Waals surface area contributed by atoms with Gasteiger partial charge in [0.2, 0.25) is 5.89 Å². The zero-order valence-electron chi connectivity index (χ0n) is 10.4. The normalized spacial score (nSPS) is 30.9. The van der Waals surface area contributed by atoms with Gasteiger partial charge in [-0.25, -0.2) is 0 Å². The molecule has 0 aliphatic heterocycles. The van der Waals surface area contributed by atoms with Gasteiger partial charge in [-0.15, -0.1) is 0 Å². The van der Waals surface area contributed by atoms with Crippen molar-refractivity contribution in [2.24, 2.45) is 11.7 Å². The third-order valence-corrected chi connectivity index (χ3v) is 3.41. The Kier molecular flexibility index (Phi) is 3.02. The maximum Gasteiger partial charge on any atom is 0.229 e. The van der Waals surface area contributed by atoms with Crippen LogP contribution in [0.3, 0.4) is 0 Å². The molecule has 16 heavy (non-hydrogen) atoms. The minimum atomic E-state index is -0.367.